The molecule has 1 aromatic carbocycles. The Bertz CT molecular complexity index is 760. The molecule has 6 nitrogen and oxygen atoms in total. The van der Waals surface area contributed by atoms with Crippen molar-refractivity contribution in [2.75, 3.05) is 33.4 Å². The van der Waals surface area contributed by atoms with Crippen molar-refractivity contribution < 1.29 is 18.7 Å². The Morgan fingerprint density at radius 3 is 2.85 bits per heavy atom. The van der Waals surface area contributed by atoms with E-state index in [0.29, 0.717) is 25.4 Å². The lowest BCUT2D eigenvalue weighted by Gasteiger charge is -2.18. The van der Waals surface area contributed by atoms with Gasteiger partial charge >= 0.3 is 0 Å². The topological polar surface area (TPSA) is 56.6 Å². The van der Waals surface area contributed by atoms with Gasteiger partial charge in [-0.15, -0.1) is 0 Å². The Morgan fingerprint density at radius 1 is 1.33 bits per heavy atom. The second-order valence-electron chi connectivity index (χ2n) is 6.82. The number of likely N-dealkylation sites (tertiary alicyclic amines) is 1. The van der Waals surface area contributed by atoms with Gasteiger partial charge in [0, 0.05) is 51.2 Å². The van der Waals surface area contributed by atoms with Gasteiger partial charge in [0.1, 0.15) is 17.4 Å². The molecule has 0 radical (unpaired) electrons. The monoisotopic (exact) mass is 375 g/mol. The molecule has 27 heavy (non-hydrogen) atoms. The van der Waals surface area contributed by atoms with E-state index in [9.17, 15) is 9.18 Å². The molecule has 2 aromatic rings. The summed E-state index contributed by atoms with van der Waals surface area (Å²) in [7, 11) is 1.70. The molecule has 1 aliphatic rings. The molecule has 0 spiro atoms. The fourth-order valence-electron chi connectivity index (χ4n) is 3.43. The maximum atomic E-state index is 12.9. The van der Waals surface area contributed by atoms with Gasteiger partial charge in [0.2, 0.25) is 0 Å². The third-order valence-corrected chi connectivity index (χ3v) is 4.90. The molecule has 1 atom stereocenters. The SMILES string of the molecule is COCCCn1c(C)cnc1C1CCN(C(=O)COc2ccc(F)cc2)C1. The van der Waals surface area contributed by atoms with Crippen LogP contribution < -0.4 is 4.74 Å². The number of hydrogen-bond donors (Lipinski definition) is 0. The second-order valence-corrected chi connectivity index (χ2v) is 6.82. The number of carbonyl (C=O) groups is 1. The zero-order valence-corrected chi connectivity index (χ0v) is 15.9. The molecule has 1 saturated heterocycles. The molecule has 1 aromatic heterocycles. The highest BCUT2D eigenvalue weighted by Gasteiger charge is 2.30. The molecule has 146 valence electrons. The van der Waals surface area contributed by atoms with Crippen LogP contribution in [0.15, 0.2) is 30.5 Å². The molecule has 0 aliphatic carbocycles. The molecule has 1 unspecified atom stereocenters. The quantitative estimate of drug-likeness (QED) is 0.666. The number of hydrogen-bond acceptors (Lipinski definition) is 4. The fourth-order valence-corrected chi connectivity index (χ4v) is 3.43. The number of aromatic nitrogens is 2. The van der Waals surface area contributed by atoms with E-state index in [0.717, 1.165) is 30.9 Å². The summed E-state index contributed by atoms with van der Waals surface area (Å²) in [5, 5.41) is 0. The van der Waals surface area contributed by atoms with Gasteiger partial charge in [0.15, 0.2) is 6.61 Å². The average molecular weight is 375 g/mol. The van der Waals surface area contributed by atoms with Crippen LogP contribution in [0.25, 0.3) is 0 Å². The van der Waals surface area contributed by atoms with Crippen molar-refractivity contribution in [1.29, 1.82) is 0 Å². The van der Waals surface area contributed by atoms with Crippen LogP contribution in [0.1, 0.15) is 30.3 Å². The molecule has 7 heteroatoms. The van der Waals surface area contributed by atoms with Crippen molar-refractivity contribution in [1.82, 2.24) is 14.5 Å². The summed E-state index contributed by atoms with van der Waals surface area (Å²) in [6.45, 7) is 4.93. The molecule has 0 bridgehead atoms. The normalized spacial score (nSPS) is 16.7. The summed E-state index contributed by atoms with van der Waals surface area (Å²) in [6.07, 6.45) is 3.72. The first kappa shape index (κ1) is 19.4. The van der Waals surface area contributed by atoms with E-state index < -0.39 is 0 Å². The van der Waals surface area contributed by atoms with Crippen LogP contribution in [-0.4, -0.2) is 53.8 Å². The molecule has 3 rings (SSSR count). The zero-order chi connectivity index (χ0) is 19.2. The third-order valence-electron chi connectivity index (χ3n) is 4.90. The predicted octanol–water partition coefficient (Wildman–Crippen LogP) is 2.76. The van der Waals surface area contributed by atoms with Gasteiger partial charge in [-0.05, 0) is 44.0 Å². The molecular weight excluding hydrogens is 349 g/mol. The van der Waals surface area contributed by atoms with E-state index in [-0.39, 0.29) is 24.2 Å². The van der Waals surface area contributed by atoms with Crippen LogP contribution in [0.5, 0.6) is 5.75 Å². The van der Waals surface area contributed by atoms with E-state index in [1.807, 2.05) is 11.1 Å². The molecule has 1 fully saturated rings. The van der Waals surface area contributed by atoms with Crippen molar-refractivity contribution in [3.63, 3.8) is 0 Å². The Balaban J connectivity index is 1.55. The molecule has 1 aliphatic heterocycles. The Morgan fingerprint density at radius 2 is 2.11 bits per heavy atom. The van der Waals surface area contributed by atoms with Gasteiger partial charge in [-0.1, -0.05) is 0 Å². The van der Waals surface area contributed by atoms with Crippen LogP contribution in [0.4, 0.5) is 4.39 Å². The smallest absolute Gasteiger partial charge is 0.260 e. The van der Waals surface area contributed by atoms with Gasteiger partial charge < -0.3 is 18.9 Å². The van der Waals surface area contributed by atoms with Gasteiger partial charge in [-0.3, -0.25) is 4.79 Å². The summed E-state index contributed by atoms with van der Waals surface area (Å²) in [6, 6.07) is 5.68. The number of imidazole rings is 1. The minimum Gasteiger partial charge on any atom is -0.484 e. The molecule has 2 heterocycles. The van der Waals surface area contributed by atoms with Crippen LogP contribution in [-0.2, 0) is 16.1 Å². The van der Waals surface area contributed by atoms with Crippen LogP contribution in [0, 0.1) is 12.7 Å². The van der Waals surface area contributed by atoms with Gasteiger partial charge in [0.25, 0.3) is 5.91 Å². The first-order chi connectivity index (χ1) is 13.1. The number of aryl methyl sites for hydroxylation is 1. The maximum Gasteiger partial charge on any atom is 0.260 e. The summed E-state index contributed by atoms with van der Waals surface area (Å²) in [4.78, 5) is 18.9. The standard InChI is InChI=1S/C20H26FN3O3/c1-15-12-22-20(24(15)9-3-11-26-2)16-8-10-23(13-16)19(25)14-27-18-6-4-17(21)5-7-18/h4-7,12,16H,3,8-11,13-14H2,1-2H3. The van der Waals surface area contributed by atoms with E-state index in [2.05, 4.69) is 16.5 Å². The van der Waals surface area contributed by atoms with Gasteiger partial charge in [-0.2, -0.15) is 0 Å². The third kappa shape index (κ3) is 4.86. The Kier molecular flexibility index (Phi) is 6.45. The van der Waals surface area contributed by atoms with E-state index in [4.69, 9.17) is 9.47 Å². The Labute approximate surface area is 158 Å². The minimum atomic E-state index is -0.327. The largest absolute Gasteiger partial charge is 0.484 e. The highest BCUT2D eigenvalue weighted by Crippen LogP contribution is 2.27. The number of amides is 1. The van der Waals surface area contributed by atoms with Gasteiger partial charge in [0.05, 0.1) is 0 Å². The first-order valence-corrected chi connectivity index (χ1v) is 9.25. The highest BCUT2D eigenvalue weighted by molar-refractivity contribution is 5.78. The van der Waals surface area contributed by atoms with Crippen molar-refractivity contribution in [3.05, 3.63) is 47.8 Å². The van der Waals surface area contributed by atoms with Crippen molar-refractivity contribution in [3.8, 4) is 5.75 Å². The number of carbonyl (C=O) groups excluding carboxylic acids is 1. The van der Waals surface area contributed by atoms with E-state index >= 15 is 0 Å². The van der Waals surface area contributed by atoms with Crippen LogP contribution in [0.3, 0.4) is 0 Å². The highest BCUT2D eigenvalue weighted by atomic mass is 19.1. The first-order valence-electron chi connectivity index (χ1n) is 9.25. The number of nitrogens with zero attached hydrogens (tertiary/aromatic N) is 3. The lowest BCUT2D eigenvalue weighted by molar-refractivity contribution is -0.132. The summed E-state index contributed by atoms with van der Waals surface area (Å²) < 4.78 is 25.8. The van der Waals surface area contributed by atoms with Crippen molar-refractivity contribution >= 4 is 5.91 Å². The van der Waals surface area contributed by atoms with Gasteiger partial charge in [-0.25, -0.2) is 9.37 Å². The number of benzene rings is 1. The molecule has 0 N–H and O–H groups in total. The minimum absolute atomic E-state index is 0.0420. The van der Waals surface area contributed by atoms with E-state index in [1.54, 1.807) is 7.11 Å². The van der Waals surface area contributed by atoms with Crippen LogP contribution in [0.2, 0.25) is 0 Å². The number of rotatable bonds is 8. The number of halogens is 1. The summed E-state index contributed by atoms with van der Waals surface area (Å²) in [5.74, 6) is 1.38. The number of methoxy groups -OCH3 is 1. The molecular formula is C20H26FN3O3. The second kappa shape index (κ2) is 8.99. The lowest BCUT2D eigenvalue weighted by Crippen LogP contribution is -2.33. The fraction of sp³-hybridized carbons (Fsp3) is 0.500. The Hall–Kier alpha value is -2.41. The van der Waals surface area contributed by atoms with Crippen LogP contribution >= 0.6 is 0 Å². The summed E-state index contributed by atoms with van der Waals surface area (Å²) in [5.41, 5.74) is 1.13. The summed E-state index contributed by atoms with van der Waals surface area (Å²) >= 11 is 0. The molecule has 1 amide bonds. The molecule has 0 saturated carbocycles. The lowest BCUT2D eigenvalue weighted by atomic mass is 10.1. The average Bonchev–Trinajstić information content (AvgIpc) is 3.29. The maximum absolute atomic E-state index is 12.9. The van der Waals surface area contributed by atoms with Crippen molar-refractivity contribution in [2.24, 2.45) is 0 Å². The predicted molar refractivity (Wildman–Crippen MR) is 99.3 cm³/mol. The van der Waals surface area contributed by atoms with E-state index in [1.165, 1.54) is 24.3 Å². The zero-order valence-electron chi connectivity index (χ0n) is 15.9. The number of ether oxygens (including phenoxy) is 2. The van der Waals surface area contributed by atoms with Crippen molar-refractivity contribution in [2.45, 2.75) is 32.2 Å².